The van der Waals surface area contributed by atoms with E-state index < -0.39 is 0 Å². The molecule has 1 aromatic heterocycles. The van der Waals surface area contributed by atoms with Gasteiger partial charge in [-0.25, -0.2) is 0 Å². The van der Waals surface area contributed by atoms with Gasteiger partial charge in [0.1, 0.15) is 0 Å². The molecule has 1 amide bonds. The minimum atomic E-state index is -0.286. The zero-order chi connectivity index (χ0) is 13.1. The van der Waals surface area contributed by atoms with Gasteiger partial charge in [-0.2, -0.15) is 0 Å². The fraction of sp³-hybridized carbons (Fsp3) is 0.0833. The summed E-state index contributed by atoms with van der Waals surface area (Å²) < 4.78 is 0. The van der Waals surface area contributed by atoms with E-state index in [1.165, 1.54) is 0 Å². The van der Waals surface area contributed by atoms with E-state index in [1.54, 1.807) is 37.3 Å². The summed E-state index contributed by atoms with van der Waals surface area (Å²) in [7, 11) is 0. The average molecular weight is 282 g/mol. The van der Waals surface area contributed by atoms with Gasteiger partial charge in [-0.15, -0.1) is 10.2 Å². The quantitative estimate of drug-likeness (QED) is 0.919. The Bertz CT molecular complexity index is 584. The maximum absolute atomic E-state index is 12.0. The van der Waals surface area contributed by atoms with Gasteiger partial charge in [0.2, 0.25) is 0 Å². The lowest BCUT2D eigenvalue weighted by atomic mass is 10.1. The molecule has 0 bridgehead atoms. The Morgan fingerprint density at radius 3 is 2.61 bits per heavy atom. The summed E-state index contributed by atoms with van der Waals surface area (Å²) in [6.45, 7) is 1.78. The van der Waals surface area contributed by atoms with Crippen molar-refractivity contribution in [2.75, 3.05) is 5.32 Å². The number of carbonyl (C=O) groups excluding carboxylic acids is 1. The first kappa shape index (κ1) is 12.8. The lowest BCUT2D eigenvalue weighted by molar-refractivity contribution is 0.102. The zero-order valence-corrected chi connectivity index (χ0v) is 11.0. The van der Waals surface area contributed by atoms with Crippen LogP contribution in [0.3, 0.4) is 0 Å². The molecule has 1 aromatic carbocycles. The van der Waals surface area contributed by atoms with Crippen LogP contribution >= 0.6 is 23.2 Å². The molecular weight excluding hydrogens is 273 g/mol. The van der Waals surface area contributed by atoms with Gasteiger partial charge in [-0.05, 0) is 36.8 Å². The molecule has 0 aliphatic carbocycles. The summed E-state index contributed by atoms with van der Waals surface area (Å²) in [6.07, 6.45) is 0. The van der Waals surface area contributed by atoms with Gasteiger partial charge >= 0.3 is 0 Å². The molecule has 1 heterocycles. The maximum Gasteiger partial charge on any atom is 0.257 e. The smallest absolute Gasteiger partial charge is 0.257 e. The topological polar surface area (TPSA) is 54.9 Å². The molecule has 0 radical (unpaired) electrons. The first-order valence-corrected chi connectivity index (χ1v) is 5.89. The highest BCUT2D eigenvalue weighted by atomic mass is 35.5. The number of hydrogen-bond acceptors (Lipinski definition) is 3. The van der Waals surface area contributed by atoms with Crippen LogP contribution in [0.2, 0.25) is 10.2 Å². The predicted octanol–water partition coefficient (Wildman–Crippen LogP) is 3.34. The van der Waals surface area contributed by atoms with E-state index in [4.69, 9.17) is 23.2 Å². The fourth-order valence-corrected chi connectivity index (χ4v) is 1.70. The Hall–Kier alpha value is -1.65. The molecule has 0 spiro atoms. The lowest BCUT2D eigenvalue weighted by Gasteiger charge is -2.07. The highest BCUT2D eigenvalue weighted by Crippen LogP contribution is 2.19. The van der Waals surface area contributed by atoms with Crippen molar-refractivity contribution < 1.29 is 4.79 Å². The molecular formula is C12H9Cl2N3O. The summed E-state index contributed by atoms with van der Waals surface area (Å²) in [5, 5.41) is 10.8. The molecule has 0 atom stereocenters. The third-order valence-corrected chi connectivity index (χ3v) is 3.00. The average Bonchev–Trinajstić information content (AvgIpc) is 2.35. The van der Waals surface area contributed by atoms with E-state index in [9.17, 15) is 4.79 Å². The van der Waals surface area contributed by atoms with Crippen molar-refractivity contribution in [2.24, 2.45) is 0 Å². The maximum atomic E-state index is 12.0. The van der Waals surface area contributed by atoms with Crippen LogP contribution in [0.1, 0.15) is 15.9 Å². The molecule has 0 saturated carbocycles. The highest BCUT2D eigenvalue weighted by molar-refractivity contribution is 6.32. The molecule has 0 fully saturated rings. The monoisotopic (exact) mass is 281 g/mol. The number of aromatic nitrogens is 2. The minimum Gasteiger partial charge on any atom is -0.305 e. The van der Waals surface area contributed by atoms with Gasteiger partial charge in [-0.1, -0.05) is 29.3 Å². The molecule has 6 heteroatoms. The number of halogens is 2. The van der Waals surface area contributed by atoms with Crippen molar-refractivity contribution in [2.45, 2.75) is 6.92 Å². The second-order valence-corrected chi connectivity index (χ2v) is 4.40. The second kappa shape index (κ2) is 5.33. The molecule has 4 nitrogen and oxygen atoms in total. The Balaban J connectivity index is 2.22. The second-order valence-electron chi connectivity index (χ2n) is 3.61. The van der Waals surface area contributed by atoms with Gasteiger partial charge in [0.05, 0.1) is 0 Å². The molecule has 18 heavy (non-hydrogen) atoms. The van der Waals surface area contributed by atoms with E-state index in [0.717, 1.165) is 5.56 Å². The van der Waals surface area contributed by atoms with Crippen molar-refractivity contribution >= 4 is 34.9 Å². The number of amides is 1. The Kier molecular flexibility index (Phi) is 3.79. The van der Waals surface area contributed by atoms with E-state index >= 15 is 0 Å². The summed E-state index contributed by atoms with van der Waals surface area (Å²) >= 11 is 11.6. The molecule has 92 valence electrons. The lowest BCUT2D eigenvalue weighted by Crippen LogP contribution is -2.14. The van der Waals surface area contributed by atoms with E-state index in [2.05, 4.69) is 15.5 Å². The minimum absolute atomic E-state index is 0.270. The van der Waals surface area contributed by atoms with Crippen LogP contribution in [-0.4, -0.2) is 16.1 Å². The number of carbonyl (C=O) groups is 1. The fourth-order valence-electron chi connectivity index (χ4n) is 1.42. The molecule has 2 aromatic rings. The number of hydrogen-bond donors (Lipinski definition) is 1. The van der Waals surface area contributed by atoms with Gasteiger partial charge < -0.3 is 5.32 Å². The van der Waals surface area contributed by atoms with Crippen molar-refractivity contribution in [3.8, 4) is 0 Å². The first-order valence-electron chi connectivity index (χ1n) is 5.13. The van der Waals surface area contributed by atoms with Gasteiger partial charge in [0.25, 0.3) is 5.91 Å². The molecule has 1 N–H and O–H groups in total. The molecule has 2 rings (SSSR count). The van der Waals surface area contributed by atoms with Crippen molar-refractivity contribution in [3.63, 3.8) is 0 Å². The third-order valence-electron chi connectivity index (χ3n) is 2.39. The van der Waals surface area contributed by atoms with Gasteiger partial charge in [0.15, 0.2) is 11.0 Å². The van der Waals surface area contributed by atoms with Crippen LogP contribution < -0.4 is 5.32 Å². The third kappa shape index (κ3) is 2.78. The first-order chi connectivity index (χ1) is 8.58. The molecule has 0 saturated heterocycles. The summed E-state index contributed by atoms with van der Waals surface area (Å²) in [6, 6.07) is 8.27. The summed E-state index contributed by atoms with van der Waals surface area (Å²) in [4.78, 5) is 12.0. The SMILES string of the molecule is Cc1c(Cl)cccc1C(=O)Nc1ccc(Cl)nn1. The van der Waals surface area contributed by atoms with Crippen molar-refractivity contribution in [1.29, 1.82) is 0 Å². The predicted molar refractivity (Wildman–Crippen MR) is 71.2 cm³/mol. The molecule has 0 aliphatic rings. The Labute approximate surface area is 114 Å². The standard InChI is InChI=1S/C12H9Cl2N3O/c1-7-8(3-2-4-9(7)13)12(18)15-11-6-5-10(14)16-17-11/h2-6H,1H3,(H,15,17,18). The van der Waals surface area contributed by atoms with Crippen LogP contribution in [-0.2, 0) is 0 Å². The Morgan fingerprint density at radius 1 is 1.17 bits per heavy atom. The number of nitrogens with one attached hydrogen (secondary N) is 1. The van der Waals surface area contributed by atoms with E-state index in [-0.39, 0.29) is 11.1 Å². The number of rotatable bonds is 2. The van der Waals surface area contributed by atoms with E-state index in [1.807, 2.05) is 0 Å². The number of anilines is 1. The molecule has 0 aliphatic heterocycles. The van der Waals surface area contributed by atoms with Crippen LogP contribution in [0.15, 0.2) is 30.3 Å². The number of benzene rings is 1. The van der Waals surface area contributed by atoms with Crippen molar-refractivity contribution in [3.05, 3.63) is 51.6 Å². The van der Waals surface area contributed by atoms with Gasteiger partial charge in [0, 0.05) is 10.6 Å². The largest absolute Gasteiger partial charge is 0.305 e. The summed E-state index contributed by atoms with van der Waals surface area (Å²) in [5.74, 6) is 0.0513. The zero-order valence-electron chi connectivity index (χ0n) is 9.45. The van der Waals surface area contributed by atoms with Crippen LogP contribution in [0.25, 0.3) is 0 Å². The summed E-state index contributed by atoms with van der Waals surface area (Å²) in [5.41, 5.74) is 1.22. The number of nitrogens with zero attached hydrogens (tertiary/aromatic N) is 2. The normalized spacial score (nSPS) is 10.2. The van der Waals surface area contributed by atoms with Crippen molar-refractivity contribution in [1.82, 2.24) is 10.2 Å². The van der Waals surface area contributed by atoms with E-state index in [0.29, 0.717) is 16.4 Å². The van der Waals surface area contributed by atoms with Crippen LogP contribution in [0.5, 0.6) is 0 Å². The van der Waals surface area contributed by atoms with Gasteiger partial charge in [-0.3, -0.25) is 4.79 Å². The highest BCUT2D eigenvalue weighted by Gasteiger charge is 2.11. The van der Waals surface area contributed by atoms with Crippen LogP contribution in [0, 0.1) is 6.92 Å². The van der Waals surface area contributed by atoms with Crippen LogP contribution in [0.4, 0.5) is 5.82 Å². The Morgan fingerprint density at radius 2 is 1.94 bits per heavy atom. The molecule has 0 unspecified atom stereocenters.